The van der Waals surface area contributed by atoms with Crippen LogP contribution in [0.15, 0.2) is 41.0 Å². The summed E-state index contributed by atoms with van der Waals surface area (Å²) in [6, 6.07) is 8.74. The lowest BCUT2D eigenvalue weighted by Gasteiger charge is -2.19. The van der Waals surface area contributed by atoms with Crippen molar-refractivity contribution in [2.75, 3.05) is 23.3 Å². The number of aryl methyl sites for hydroxylation is 1. The average Bonchev–Trinajstić information content (AvgIpc) is 3.26. The molecule has 1 atom stereocenters. The summed E-state index contributed by atoms with van der Waals surface area (Å²) in [5.74, 6) is -0.0452. The van der Waals surface area contributed by atoms with E-state index in [0.717, 1.165) is 24.5 Å². The molecule has 0 unspecified atom stereocenters. The minimum atomic E-state index is -0.655. The van der Waals surface area contributed by atoms with E-state index in [9.17, 15) is 9.59 Å². The average molecular weight is 341 g/mol. The van der Waals surface area contributed by atoms with Crippen LogP contribution in [0.3, 0.4) is 0 Å². The molecule has 0 bridgehead atoms. The number of benzene rings is 1. The van der Waals surface area contributed by atoms with Gasteiger partial charge in [-0.15, -0.1) is 0 Å². The van der Waals surface area contributed by atoms with Crippen molar-refractivity contribution in [1.82, 2.24) is 5.32 Å². The van der Waals surface area contributed by atoms with Gasteiger partial charge in [-0.25, -0.2) is 0 Å². The van der Waals surface area contributed by atoms with Crippen molar-refractivity contribution < 1.29 is 14.0 Å². The van der Waals surface area contributed by atoms with Crippen molar-refractivity contribution in [3.8, 4) is 0 Å². The molecule has 0 aliphatic carbocycles. The predicted molar refractivity (Wildman–Crippen MR) is 96.9 cm³/mol. The number of amides is 2. The molecule has 6 nitrogen and oxygen atoms in total. The molecule has 0 saturated carbocycles. The lowest BCUT2D eigenvalue weighted by atomic mass is 10.2. The van der Waals surface area contributed by atoms with E-state index in [1.165, 1.54) is 19.1 Å². The van der Waals surface area contributed by atoms with Gasteiger partial charge in [0.05, 0.1) is 11.8 Å². The number of nitrogens with zero attached hydrogens (tertiary/aromatic N) is 1. The zero-order chi connectivity index (χ0) is 17.8. The summed E-state index contributed by atoms with van der Waals surface area (Å²) in [6.07, 6.45) is 3.86. The normalized spacial score (nSPS) is 15.0. The van der Waals surface area contributed by atoms with Crippen LogP contribution >= 0.6 is 0 Å². The molecule has 25 heavy (non-hydrogen) atoms. The third kappa shape index (κ3) is 4.02. The van der Waals surface area contributed by atoms with Gasteiger partial charge in [0.1, 0.15) is 11.8 Å². The highest BCUT2D eigenvalue weighted by Crippen LogP contribution is 2.23. The Labute approximate surface area is 147 Å². The number of hydrogen-bond acceptors (Lipinski definition) is 4. The van der Waals surface area contributed by atoms with Crippen LogP contribution in [0.1, 0.15) is 35.9 Å². The zero-order valence-electron chi connectivity index (χ0n) is 14.5. The van der Waals surface area contributed by atoms with E-state index in [1.807, 2.05) is 24.3 Å². The molecule has 1 fully saturated rings. The first-order valence-electron chi connectivity index (χ1n) is 8.55. The molecule has 1 aromatic carbocycles. The highest BCUT2D eigenvalue weighted by molar-refractivity contribution is 6.01. The summed E-state index contributed by atoms with van der Waals surface area (Å²) >= 11 is 0. The fourth-order valence-corrected chi connectivity index (χ4v) is 2.97. The minimum Gasteiger partial charge on any atom is -0.469 e. The Bertz CT molecular complexity index is 763. The maximum Gasteiger partial charge on any atom is 0.255 e. The van der Waals surface area contributed by atoms with Gasteiger partial charge < -0.3 is 20.0 Å². The van der Waals surface area contributed by atoms with Crippen LogP contribution in [0.4, 0.5) is 11.4 Å². The summed E-state index contributed by atoms with van der Waals surface area (Å²) in [7, 11) is 0. The molecule has 2 aromatic rings. The van der Waals surface area contributed by atoms with Gasteiger partial charge in [-0.3, -0.25) is 9.59 Å². The highest BCUT2D eigenvalue weighted by atomic mass is 16.3. The quantitative estimate of drug-likeness (QED) is 0.877. The lowest BCUT2D eigenvalue weighted by molar-refractivity contribution is -0.117. The van der Waals surface area contributed by atoms with Gasteiger partial charge in [-0.05, 0) is 51.0 Å². The van der Waals surface area contributed by atoms with Crippen molar-refractivity contribution in [2.24, 2.45) is 0 Å². The number of nitrogens with one attached hydrogen (secondary N) is 2. The Morgan fingerprint density at radius 3 is 2.64 bits per heavy atom. The molecule has 1 aromatic heterocycles. The fraction of sp³-hybridized carbons (Fsp3) is 0.368. The monoisotopic (exact) mass is 341 g/mol. The molecule has 3 rings (SSSR count). The van der Waals surface area contributed by atoms with E-state index >= 15 is 0 Å². The maximum atomic E-state index is 12.4. The first-order chi connectivity index (χ1) is 12.0. The molecule has 1 saturated heterocycles. The number of carbonyl (C=O) groups is 2. The van der Waals surface area contributed by atoms with E-state index < -0.39 is 6.04 Å². The molecule has 2 N–H and O–H groups in total. The van der Waals surface area contributed by atoms with Crippen LogP contribution in [-0.2, 0) is 4.79 Å². The van der Waals surface area contributed by atoms with Gasteiger partial charge in [0, 0.05) is 24.5 Å². The number of carbonyl (C=O) groups excluding carboxylic acids is 2. The van der Waals surface area contributed by atoms with Crippen LogP contribution in [-0.4, -0.2) is 30.9 Å². The number of hydrogen-bond donors (Lipinski definition) is 2. The molecule has 1 aliphatic rings. The standard InChI is InChI=1S/C19H23N3O3/c1-13(20-19(24)17-8-11-25-14(17)2)18(23)21-15-6-5-7-16(12-15)22-9-3-4-10-22/h5-8,11-13H,3-4,9-10H2,1-2H3,(H,20,24)(H,21,23)/t13-/m0/s1. The fourth-order valence-electron chi connectivity index (χ4n) is 2.97. The van der Waals surface area contributed by atoms with Crippen molar-refractivity contribution in [1.29, 1.82) is 0 Å². The second-order valence-corrected chi connectivity index (χ2v) is 6.32. The first kappa shape index (κ1) is 17.1. The maximum absolute atomic E-state index is 12.4. The smallest absolute Gasteiger partial charge is 0.255 e. The van der Waals surface area contributed by atoms with Gasteiger partial charge >= 0.3 is 0 Å². The molecule has 0 spiro atoms. The van der Waals surface area contributed by atoms with E-state index in [2.05, 4.69) is 15.5 Å². The molecule has 2 amide bonds. The summed E-state index contributed by atoms with van der Waals surface area (Å²) in [5.41, 5.74) is 2.28. The molecule has 1 aliphatic heterocycles. The largest absolute Gasteiger partial charge is 0.469 e. The van der Waals surface area contributed by atoms with Crippen LogP contribution in [0.5, 0.6) is 0 Å². The third-order valence-corrected chi connectivity index (χ3v) is 4.43. The molecular weight excluding hydrogens is 318 g/mol. The molecule has 6 heteroatoms. The van der Waals surface area contributed by atoms with Crippen LogP contribution in [0, 0.1) is 6.92 Å². The van der Waals surface area contributed by atoms with E-state index in [-0.39, 0.29) is 11.8 Å². The highest BCUT2D eigenvalue weighted by Gasteiger charge is 2.19. The Morgan fingerprint density at radius 2 is 1.96 bits per heavy atom. The van der Waals surface area contributed by atoms with Gasteiger partial charge in [-0.2, -0.15) is 0 Å². The van der Waals surface area contributed by atoms with Gasteiger partial charge in [0.2, 0.25) is 5.91 Å². The predicted octanol–water partition coefficient (Wildman–Crippen LogP) is 2.95. The van der Waals surface area contributed by atoms with Gasteiger partial charge in [0.15, 0.2) is 0 Å². The van der Waals surface area contributed by atoms with Crippen molar-refractivity contribution >= 4 is 23.2 Å². The van der Waals surface area contributed by atoms with E-state index in [1.54, 1.807) is 19.9 Å². The zero-order valence-corrected chi connectivity index (χ0v) is 14.5. The van der Waals surface area contributed by atoms with Crippen LogP contribution < -0.4 is 15.5 Å². The summed E-state index contributed by atoms with van der Waals surface area (Å²) < 4.78 is 5.12. The Morgan fingerprint density at radius 1 is 1.20 bits per heavy atom. The van der Waals surface area contributed by atoms with Gasteiger partial charge in [-0.1, -0.05) is 6.07 Å². The Kier molecular flexibility index (Phi) is 5.07. The number of anilines is 2. The van der Waals surface area contributed by atoms with Crippen molar-refractivity contribution in [3.63, 3.8) is 0 Å². The topological polar surface area (TPSA) is 74.6 Å². The molecule has 2 heterocycles. The summed E-state index contributed by atoms with van der Waals surface area (Å²) in [6.45, 7) is 5.47. The minimum absolute atomic E-state index is 0.256. The van der Waals surface area contributed by atoms with Crippen molar-refractivity contribution in [3.05, 3.63) is 47.9 Å². The van der Waals surface area contributed by atoms with Gasteiger partial charge in [0.25, 0.3) is 5.91 Å². The van der Waals surface area contributed by atoms with Crippen molar-refractivity contribution in [2.45, 2.75) is 32.7 Å². The first-order valence-corrected chi connectivity index (χ1v) is 8.55. The molecule has 0 radical (unpaired) electrons. The summed E-state index contributed by atoms with van der Waals surface area (Å²) in [4.78, 5) is 26.8. The lowest BCUT2D eigenvalue weighted by Crippen LogP contribution is -2.41. The second-order valence-electron chi connectivity index (χ2n) is 6.32. The molecule has 132 valence electrons. The summed E-state index contributed by atoms with van der Waals surface area (Å²) in [5, 5.41) is 5.56. The molecular formula is C19H23N3O3. The number of rotatable bonds is 5. The van der Waals surface area contributed by atoms with Crippen LogP contribution in [0.2, 0.25) is 0 Å². The van der Waals surface area contributed by atoms with E-state index in [0.29, 0.717) is 11.3 Å². The second kappa shape index (κ2) is 7.42. The van der Waals surface area contributed by atoms with E-state index in [4.69, 9.17) is 4.42 Å². The SMILES string of the molecule is Cc1occc1C(=O)N[C@@H](C)C(=O)Nc1cccc(N2CCCC2)c1. The number of furan rings is 1. The third-order valence-electron chi connectivity index (χ3n) is 4.43. The Balaban J connectivity index is 1.60. The van der Waals surface area contributed by atoms with Crippen LogP contribution in [0.25, 0.3) is 0 Å². The Hall–Kier alpha value is -2.76.